The highest BCUT2D eigenvalue weighted by Gasteiger charge is 2.16. The summed E-state index contributed by atoms with van der Waals surface area (Å²) >= 11 is 0. The number of aryl methyl sites for hydroxylation is 1. The number of hydrogen-bond acceptors (Lipinski definition) is 4. The topological polar surface area (TPSA) is 71.8 Å². The standard InChI is InChI=1S/C19H14N4O2/c1-13-5-4-7-18-21-16(11-23(13)18)19(24)25-12-14-10-22-8-3-2-6-17(22)15(14)9-20/h2-8,10-11H,12H2,1H3. The summed E-state index contributed by atoms with van der Waals surface area (Å²) in [5, 5.41) is 9.39. The molecule has 0 bridgehead atoms. The Kier molecular flexibility index (Phi) is 3.47. The number of hydrogen-bond donors (Lipinski definition) is 0. The quantitative estimate of drug-likeness (QED) is 0.541. The summed E-state index contributed by atoms with van der Waals surface area (Å²) in [4.78, 5) is 16.6. The zero-order valence-corrected chi connectivity index (χ0v) is 13.5. The highest BCUT2D eigenvalue weighted by molar-refractivity contribution is 5.88. The third kappa shape index (κ3) is 2.52. The number of nitrogens with zero attached hydrogens (tertiary/aromatic N) is 4. The number of nitriles is 1. The molecule has 0 saturated heterocycles. The molecule has 6 nitrogen and oxygen atoms in total. The Morgan fingerprint density at radius 1 is 1.24 bits per heavy atom. The second-order valence-corrected chi connectivity index (χ2v) is 5.73. The predicted octanol–water partition coefficient (Wildman–Crippen LogP) is 3.12. The first-order valence-electron chi connectivity index (χ1n) is 7.78. The fourth-order valence-electron chi connectivity index (χ4n) is 2.88. The summed E-state index contributed by atoms with van der Waals surface area (Å²) in [6, 6.07) is 13.4. The molecule has 4 aromatic heterocycles. The van der Waals surface area contributed by atoms with Gasteiger partial charge in [-0.15, -0.1) is 0 Å². The minimum Gasteiger partial charge on any atom is -0.456 e. The Morgan fingerprint density at radius 2 is 2.12 bits per heavy atom. The van der Waals surface area contributed by atoms with Gasteiger partial charge in [0.25, 0.3) is 0 Å². The minimum atomic E-state index is -0.512. The average Bonchev–Trinajstić information content (AvgIpc) is 3.21. The van der Waals surface area contributed by atoms with Crippen molar-refractivity contribution in [2.24, 2.45) is 0 Å². The summed E-state index contributed by atoms with van der Waals surface area (Å²) in [5.74, 6) is -0.512. The molecular weight excluding hydrogens is 316 g/mol. The van der Waals surface area contributed by atoms with Gasteiger partial charge in [0.2, 0.25) is 0 Å². The number of esters is 1. The van der Waals surface area contributed by atoms with Crippen LogP contribution in [0.2, 0.25) is 0 Å². The van der Waals surface area contributed by atoms with Crippen LogP contribution in [0.3, 0.4) is 0 Å². The van der Waals surface area contributed by atoms with Crippen LogP contribution in [-0.4, -0.2) is 19.8 Å². The van der Waals surface area contributed by atoms with Crippen LogP contribution in [-0.2, 0) is 11.3 Å². The molecule has 0 spiro atoms. The van der Waals surface area contributed by atoms with E-state index in [0.29, 0.717) is 16.8 Å². The molecule has 4 heterocycles. The first-order valence-corrected chi connectivity index (χ1v) is 7.78. The third-order valence-corrected chi connectivity index (χ3v) is 4.14. The molecule has 0 fully saturated rings. The fraction of sp³-hybridized carbons (Fsp3) is 0.105. The van der Waals surface area contributed by atoms with Gasteiger partial charge in [0.1, 0.15) is 18.3 Å². The third-order valence-electron chi connectivity index (χ3n) is 4.14. The molecule has 25 heavy (non-hydrogen) atoms. The molecule has 0 aliphatic heterocycles. The normalized spacial score (nSPS) is 10.9. The number of fused-ring (bicyclic) bond motifs is 2. The summed E-state index contributed by atoms with van der Waals surface area (Å²) in [7, 11) is 0. The van der Waals surface area contributed by atoms with Crippen LogP contribution in [0, 0.1) is 18.3 Å². The lowest BCUT2D eigenvalue weighted by Crippen LogP contribution is -2.05. The molecule has 0 aliphatic carbocycles. The lowest BCUT2D eigenvalue weighted by molar-refractivity contribution is 0.0466. The maximum atomic E-state index is 12.3. The molecule has 0 atom stereocenters. The molecular formula is C19H14N4O2. The van der Waals surface area contributed by atoms with Gasteiger partial charge in [-0.25, -0.2) is 9.78 Å². The van der Waals surface area contributed by atoms with Gasteiger partial charge in [0, 0.05) is 29.8 Å². The highest BCUT2D eigenvalue weighted by Crippen LogP contribution is 2.19. The van der Waals surface area contributed by atoms with E-state index in [9.17, 15) is 10.1 Å². The monoisotopic (exact) mass is 330 g/mol. The second-order valence-electron chi connectivity index (χ2n) is 5.73. The molecule has 0 saturated carbocycles. The Labute approximate surface area is 143 Å². The van der Waals surface area contributed by atoms with Crippen LogP contribution < -0.4 is 0 Å². The fourth-order valence-corrected chi connectivity index (χ4v) is 2.88. The van der Waals surface area contributed by atoms with E-state index in [2.05, 4.69) is 11.1 Å². The number of carbonyl (C=O) groups excluding carboxylic acids is 1. The van der Waals surface area contributed by atoms with Gasteiger partial charge in [-0.2, -0.15) is 5.26 Å². The van der Waals surface area contributed by atoms with E-state index in [1.165, 1.54) is 0 Å². The molecule has 0 amide bonds. The van der Waals surface area contributed by atoms with Gasteiger partial charge in [-0.1, -0.05) is 12.1 Å². The van der Waals surface area contributed by atoms with Gasteiger partial charge in [0.05, 0.1) is 11.1 Å². The van der Waals surface area contributed by atoms with Crippen molar-refractivity contribution in [3.8, 4) is 6.07 Å². The zero-order chi connectivity index (χ0) is 17.4. The lowest BCUT2D eigenvalue weighted by Gasteiger charge is -2.01. The van der Waals surface area contributed by atoms with Crippen LogP contribution in [0.15, 0.2) is 55.0 Å². The number of carbonyl (C=O) groups is 1. The number of pyridine rings is 2. The number of ether oxygens (including phenoxy) is 1. The van der Waals surface area contributed by atoms with Crippen molar-refractivity contribution in [1.82, 2.24) is 13.8 Å². The van der Waals surface area contributed by atoms with Crippen molar-refractivity contribution in [1.29, 1.82) is 5.26 Å². The van der Waals surface area contributed by atoms with Crippen molar-refractivity contribution < 1.29 is 9.53 Å². The summed E-state index contributed by atoms with van der Waals surface area (Å²) < 4.78 is 9.06. The maximum absolute atomic E-state index is 12.3. The van der Waals surface area contributed by atoms with Crippen LogP contribution in [0.4, 0.5) is 0 Å². The SMILES string of the molecule is Cc1cccc2nc(C(=O)OCc3cn4ccccc4c3C#N)cn12. The van der Waals surface area contributed by atoms with Crippen molar-refractivity contribution in [2.45, 2.75) is 13.5 Å². The van der Waals surface area contributed by atoms with Crippen LogP contribution >= 0.6 is 0 Å². The van der Waals surface area contributed by atoms with E-state index in [-0.39, 0.29) is 12.3 Å². The smallest absolute Gasteiger partial charge is 0.358 e. The van der Waals surface area contributed by atoms with Gasteiger partial charge in [-0.05, 0) is 31.2 Å². The van der Waals surface area contributed by atoms with E-state index in [1.807, 2.05) is 58.3 Å². The molecule has 4 rings (SSSR count). The molecule has 0 unspecified atom stereocenters. The van der Waals surface area contributed by atoms with Crippen LogP contribution in [0.25, 0.3) is 11.2 Å². The van der Waals surface area contributed by atoms with Crippen molar-refractivity contribution in [3.05, 3.63) is 77.5 Å². The van der Waals surface area contributed by atoms with E-state index in [1.54, 1.807) is 12.4 Å². The Balaban J connectivity index is 1.59. The van der Waals surface area contributed by atoms with Crippen molar-refractivity contribution in [3.63, 3.8) is 0 Å². The summed E-state index contributed by atoms with van der Waals surface area (Å²) in [5.41, 5.74) is 3.89. The van der Waals surface area contributed by atoms with Gasteiger partial charge >= 0.3 is 5.97 Å². The lowest BCUT2D eigenvalue weighted by atomic mass is 10.2. The predicted molar refractivity (Wildman–Crippen MR) is 91.2 cm³/mol. The molecule has 0 radical (unpaired) electrons. The van der Waals surface area contributed by atoms with Crippen LogP contribution in [0.1, 0.15) is 27.3 Å². The number of aromatic nitrogens is 3. The summed E-state index contributed by atoms with van der Waals surface area (Å²) in [6.45, 7) is 1.96. The van der Waals surface area contributed by atoms with E-state index >= 15 is 0 Å². The Morgan fingerprint density at radius 3 is 2.92 bits per heavy atom. The highest BCUT2D eigenvalue weighted by atomic mass is 16.5. The average molecular weight is 330 g/mol. The first-order chi connectivity index (χ1) is 12.2. The van der Waals surface area contributed by atoms with Gasteiger partial charge < -0.3 is 13.5 Å². The number of rotatable bonds is 3. The first kappa shape index (κ1) is 15.0. The second kappa shape index (κ2) is 5.80. The van der Waals surface area contributed by atoms with E-state index in [0.717, 1.165) is 11.2 Å². The van der Waals surface area contributed by atoms with Gasteiger partial charge in [0.15, 0.2) is 5.69 Å². The Hall–Kier alpha value is -3.59. The molecule has 4 aromatic rings. The van der Waals surface area contributed by atoms with Gasteiger partial charge in [-0.3, -0.25) is 0 Å². The molecule has 122 valence electrons. The minimum absolute atomic E-state index is 0.0241. The van der Waals surface area contributed by atoms with Crippen molar-refractivity contribution in [2.75, 3.05) is 0 Å². The Bertz CT molecular complexity index is 1150. The van der Waals surface area contributed by atoms with Crippen molar-refractivity contribution >= 4 is 17.1 Å². The molecule has 0 aliphatic rings. The van der Waals surface area contributed by atoms with Crippen LogP contribution in [0.5, 0.6) is 0 Å². The zero-order valence-electron chi connectivity index (χ0n) is 13.5. The van der Waals surface area contributed by atoms with E-state index in [4.69, 9.17) is 4.74 Å². The maximum Gasteiger partial charge on any atom is 0.358 e. The molecule has 0 aromatic carbocycles. The molecule has 0 N–H and O–H groups in total. The largest absolute Gasteiger partial charge is 0.456 e. The number of imidazole rings is 1. The molecule has 6 heteroatoms. The van der Waals surface area contributed by atoms with E-state index < -0.39 is 5.97 Å². The summed E-state index contributed by atoms with van der Waals surface area (Å²) in [6.07, 6.45) is 5.32.